The standard InChI is InChI=1S/C23H32N2O4/c1-17-4-5-20-21(12-17)28-16-18(15-27-20)25-10-6-23(7-11-25)13-19(29-22(23)26)14-24-8-2-3-9-24/h4-5,12,18-19H,2-3,6-11,13-16H2,1H3. The van der Waals surface area contributed by atoms with Crippen molar-refractivity contribution >= 4 is 5.97 Å². The van der Waals surface area contributed by atoms with Gasteiger partial charge in [0.1, 0.15) is 19.3 Å². The first-order valence-electron chi connectivity index (χ1n) is 11.2. The highest BCUT2D eigenvalue weighted by Gasteiger charge is 2.51. The molecule has 4 aliphatic rings. The minimum Gasteiger partial charge on any atom is -0.488 e. The lowest BCUT2D eigenvalue weighted by molar-refractivity contribution is -0.151. The van der Waals surface area contributed by atoms with E-state index in [1.807, 2.05) is 12.1 Å². The zero-order valence-corrected chi connectivity index (χ0v) is 17.4. The van der Waals surface area contributed by atoms with Gasteiger partial charge < -0.3 is 14.2 Å². The SMILES string of the molecule is Cc1ccc2c(c1)OCC(N1CCC3(CC1)CC(CN1CCCC1)OC3=O)CO2. The summed E-state index contributed by atoms with van der Waals surface area (Å²) in [5.74, 6) is 1.71. The highest BCUT2D eigenvalue weighted by molar-refractivity contribution is 5.79. The van der Waals surface area contributed by atoms with Crippen molar-refractivity contribution < 1.29 is 19.0 Å². The number of aryl methyl sites for hydroxylation is 1. The first kappa shape index (κ1) is 19.2. The molecule has 0 amide bonds. The number of carbonyl (C=O) groups is 1. The van der Waals surface area contributed by atoms with Gasteiger partial charge in [-0.3, -0.25) is 14.6 Å². The van der Waals surface area contributed by atoms with E-state index in [9.17, 15) is 4.79 Å². The highest BCUT2D eigenvalue weighted by Crippen LogP contribution is 2.44. The predicted molar refractivity (Wildman–Crippen MR) is 109 cm³/mol. The van der Waals surface area contributed by atoms with Gasteiger partial charge in [0.25, 0.3) is 0 Å². The molecule has 6 heteroatoms. The normalized spacial score (nSPS) is 29.8. The molecular weight excluding hydrogens is 368 g/mol. The van der Waals surface area contributed by atoms with Crippen molar-refractivity contribution in [3.8, 4) is 11.5 Å². The van der Waals surface area contributed by atoms with Crippen LogP contribution in [0, 0.1) is 12.3 Å². The van der Waals surface area contributed by atoms with Crippen molar-refractivity contribution in [1.82, 2.24) is 9.80 Å². The lowest BCUT2D eigenvalue weighted by atomic mass is 9.75. The van der Waals surface area contributed by atoms with Crippen molar-refractivity contribution in [2.24, 2.45) is 5.41 Å². The molecule has 2 atom stereocenters. The number of cyclic esters (lactones) is 1. The van der Waals surface area contributed by atoms with Gasteiger partial charge in [-0.2, -0.15) is 0 Å². The summed E-state index contributed by atoms with van der Waals surface area (Å²) in [4.78, 5) is 17.6. The Morgan fingerprint density at radius 1 is 1.03 bits per heavy atom. The van der Waals surface area contributed by atoms with Crippen LogP contribution in [0.1, 0.15) is 37.7 Å². The van der Waals surface area contributed by atoms with Crippen LogP contribution in [0.3, 0.4) is 0 Å². The number of likely N-dealkylation sites (tertiary alicyclic amines) is 2. The fourth-order valence-electron chi connectivity index (χ4n) is 5.40. The Kier molecular flexibility index (Phi) is 5.16. The molecule has 1 spiro atoms. The molecule has 5 rings (SSSR count). The molecule has 6 nitrogen and oxygen atoms in total. The monoisotopic (exact) mass is 400 g/mol. The van der Waals surface area contributed by atoms with Crippen molar-refractivity contribution in [2.75, 3.05) is 45.9 Å². The van der Waals surface area contributed by atoms with Crippen LogP contribution in [0.5, 0.6) is 11.5 Å². The summed E-state index contributed by atoms with van der Waals surface area (Å²) in [5.41, 5.74) is 0.905. The van der Waals surface area contributed by atoms with Gasteiger partial charge in [-0.1, -0.05) is 6.07 Å². The van der Waals surface area contributed by atoms with Gasteiger partial charge in [0, 0.05) is 13.0 Å². The second-order valence-electron chi connectivity index (χ2n) is 9.28. The van der Waals surface area contributed by atoms with Crippen LogP contribution in [-0.2, 0) is 9.53 Å². The number of nitrogens with zero attached hydrogens (tertiary/aromatic N) is 2. The highest BCUT2D eigenvalue weighted by atomic mass is 16.6. The van der Waals surface area contributed by atoms with E-state index in [0.29, 0.717) is 13.2 Å². The Morgan fingerprint density at radius 3 is 2.52 bits per heavy atom. The van der Waals surface area contributed by atoms with Crippen molar-refractivity contribution in [3.63, 3.8) is 0 Å². The molecule has 0 N–H and O–H groups in total. The number of esters is 1. The summed E-state index contributed by atoms with van der Waals surface area (Å²) in [6, 6.07) is 6.31. The summed E-state index contributed by atoms with van der Waals surface area (Å²) in [7, 11) is 0. The Morgan fingerprint density at radius 2 is 1.76 bits per heavy atom. The minimum absolute atomic E-state index is 0.0394. The maximum absolute atomic E-state index is 12.7. The molecule has 3 fully saturated rings. The third-order valence-corrected chi connectivity index (χ3v) is 7.22. The molecule has 0 saturated carbocycles. The van der Waals surface area contributed by atoms with Gasteiger partial charge in [0.15, 0.2) is 11.5 Å². The van der Waals surface area contributed by atoms with E-state index >= 15 is 0 Å². The molecule has 0 aliphatic carbocycles. The molecular formula is C23H32N2O4. The van der Waals surface area contributed by atoms with E-state index in [4.69, 9.17) is 14.2 Å². The first-order chi connectivity index (χ1) is 14.1. The second kappa shape index (κ2) is 7.80. The molecule has 3 saturated heterocycles. The Bertz CT molecular complexity index is 753. The van der Waals surface area contributed by atoms with Crippen LogP contribution in [0.25, 0.3) is 0 Å². The Labute approximate surface area is 173 Å². The van der Waals surface area contributed by atoms with Crippen LogP contribution in [-0.4, -0.2) is 73.9 Å². The zero-order valence-electron chi connectivity index (χ0n) is 17.4. The number of hydrogen-bond donors (Lipinski definition) is 0. The molecule has 1 aromatic rings. The van der Waals surface area contributed by atoms with Gasteiger partial charge in [-0.25, -0.2) is 0 Å². The molecule has 1 aromatic carbocycles. The minimum atomic E-state index is -0.270. The van der Waals surface area contributed by atoms with Gasteiger partial charge >= 0.3 is 5.97 Å². The van der Waals surface area contributed by atoms with E-state index in [2.05, 4.69) is 22.8 Å². The maximum atomic E-state index is 12.7. The number of rotatable bonds is 3. The summed E-state index contributed by atoms with van der Waals surface area (Å²) in [5, 5.41) is 0. The summed E-state index contributed by atoms with van der Waals surface area (Å²) in [6.07, 6.45) is 5.27. The van der Waals surface area contributed by atoms with Crippen LogP contribution in [0.2, 0.25) is 0 Å². The Hall–Kier alpha value is -1.79. The molecule has 0 radical (unpaired) electrons. The third-order valence-electron chi connectivity index (χ3n) is 7.22. The topological polar surface area (TPSA) is 51.2 Å². The maximum Gasteiger partial charge on any atom is 0.312 e. The van der Waals surface area contributed by atoms with Crippen LogP contribution >= 0.6 is 0 Å². The molecule has 2 unspecified atom stereocenters. The average molecular weight is 401 g/mol. The van der Waals surface area contributed by atoms with Gasteiger partial charge in [-0.05, 0) is 76.5 Å². The number of piperidine rings is 1. The lowest BCUT2D eigenvalue weighted by Gasteiger charge is -2.39. The number of hydrogen-bond acceptors (Lipinski definition) is 6. The van der Waals surface area contributed by atoms with E-state index in [0.717, 1.165) is 63.5 Å². The summed E-state index contributed by atoms with van der Waals surface area (Å²) in [6.45, 7) is 8.34. The quantitative estimate of drug-likeness (QED) is 0.727. The molecule has 0 aromatic heterocycles. The zero-order chi connectivity index (χ0) is 19.8. The fourth-order valence-corrected chi connectivity index (χ4v) is 5.40. The van der Waals surface area contributed by atoms with Crippen LogP contribution in [0.15, 0.2) is 18.2 Å². The largest absolute Gasteiger partial charge is 0.488 e. The molecule has 0 bridgehead atoms. The number of benzene rings is 1. The second-order valence-corrected chi connectivity index (χ2v) is 9.28. The number of carbonyl (C=O) groups excluding carboxylic acids is 1. The predicted octanol–water partition coefficient (Wildman–Crippen LogP) is 2.63. The smallest absolute Gasteiger partial charge is 0.312 e. The fraction of sp³-hybridized carbons (Fsp3) is 0.696. The van der Waals surface area contributed by atoms with Gasteiger partial charge in [0.2, 0.25) is 0 Å². The lowest BCUT2D eigenvalue weighted by Crippen LogP contribution is -2.50. The summed E-state index contributed by atoms with van der Waals surface area (Å²) >= 11 is 0. The van der Waals surface area contributed by atoms with E-state index < -0.39 is 0 Å². The molecule has 4 aliphatic heterocycles. The van der Waals surface area contributed by atoms with E-state index in [1.54, 1.807) is 0 Å². The van der Waals surface area contributed by atoms with Crippen molar-refractivity contribution in [1.29, 1.82) is 0 Å². The van der Waals surface area contributed by atoms with Crippen molar-refractivity contribution in [2.45, 2.75) is 51.2 Å². The van der Waals surface area contributed by atoms with E-state index in [1.165, 1.54) is 18.4 Å². The van der Waals surface area contributed by atoms with Crippen LogP contribution < -0.4 is 9.47 Å². The van der Waals surface area contributed by atoms with E-state index in [-0.39, 0.29) is 23.5 Å². The van der Waals surface area contributed by atoms with Crippen LogP contribution in [0.4, 0.5) is 0 Å². The Balaban J connectivity index is 1.17. The molecule has 29 heavy (non-hydrogen) atoms. The third kappa shape index (κ3) is 3.84. The average Bonchev–Trinajstić information content (AvgIpc) is 3.26. The summed E-state index contributed by atoms with van der Waals surface area (Å²) < 4.78 is 17.9. The van der Waals surface area contributed by atoms with Gasteiger partial charge in [0.05, 0.1) is 11.5 Å². The van der Waals surface area contributed by atoms with Crippen molar-refractivity contribution in [3.05, 3.63) is 23.8 Å². The number of ether oxygens (including phenoxy) is 3. The molecule has 4 heterocycles. The first-order valence-corrected chi connectivity index (χ1v) is 11.2. The van der Waals surface area contributed by atoms with Gasteiger partial charge in [-0.15, -0.1) is 0 Å². The molecule has 158 valence electrons. The number of fused-ring (bicyclic) bond motifs is 1.